The van der Waals surface area contributed by atoms with Crippen LogP contribution in [0.3, 0.4) is 0 Å². The van der Waals surface area contributed by atoms with Gasteiger partial charge in [-0.15, -0.1) is 0 Å². The normalized spacial score (nSPS) is 12.7. The Morgan fingerprint density at radius 3 is 2.86 bits per heavy atom. The van der Waals surface area contributed by atoms with E-state index in [1.807, 2.05) is 29.9 Å². The molecule has 0 spiro atoms. The van der Waals surface area contributed by atoms with Crippen LogP contribution in [0.1, 0.15) is 24.5 Å². The molecule has 1 unspecified atom stereocenters. The first kappa shape index (κ1) is 13.7. The number of likely N-dealkylation sites (N-methyl/N-ethyl adjacent to an activating group) is 1. The maximum absolute atomic E-state index is 4.76. The van der Waals surface area contributed by atoms with Crippen LogP contribution < -0.4 is 5.32 Å². The molecule has 108 valence electrons. The van der Waals surface area contributed by atoms with E-state index >= 15 is 0 Å². The molecule has 2 heterocycles. The van der Waals surface area contributed by atoms with Crippen molar-refractivity contribution >= 4 is 10.9 Å². The summed E-state index contributed by atoms with van der Waals surface area (Å²) in [6.07, 6.45) is 2.38. The van der Waals surface area contributed by atoms with Crippen LogP contribution in [-0.4, -0.2) is 26.8 Å². The fourth-order valence-electron chi connectivity index (χ4n) is 2.52. The Hall–Kier alpha value is -2.27. The maximum Gasteiger partial charge on any atom is 0.138 e. The lowest BCUT2D eigenvalue weighted by Gasteiger charge is -2.16. The summed E-state index contributed by atoms with van der Waals surface area (Å²) in [5.41, 5.74) is 2.05. The third-order valence-electron chi connectivity index (χ3n) is 3.71. The Labute approximate surface area is 124 Å². The van der Waals surface area contributed by atoms with Gasteiger partial charge in [0.2, 0.25) is 0 Å². The molecule has 5 nitrogen and oxygen atoms in total. The number of rotatable bonds is 5. The first-order valence-corrected chi connectivity index (χ1v) is 7.21. The van der Waals surface area contributed by atoms with Crippen LogP contribution in [0.5, 0.6) is 0 Å². The number of nitrogens with zero attached hydrogens (tertiary/aromatic N) is 4. The number of hydrogen-bond donors (Lipinski definition) is 1. The van der Waals surface area contributed by atoms with E-state index in [1.54, 1.807) is 6.33 Å². The summed E-state index contributed by atoms with van der Waals surface area (Å²) in [7, 11) is 1.95. The smallest absolute Gasteiger partial charge is 0.138 e. The second-order valence-electron chi connectivity index (χ2n) is 4.97. The van der Waals surface area contributed by atoms with E-state index in [4.69, 9.17) is 4.98 Å². The van der Waals surface area contributed by atoms with Gasteiger partial charge in [0.1, 0.15) is 12.2 Å². The highest BCUT2D eigenvalue weighted by Gasteiger charge is 2.15. The van der Waals surface area contributed by atoms with Crippen LogP contribution in [0.15, 0.2) is 42.7 Å². The number of hydrogen-bond acceptors (Lipinski definition) is 4. The molecule has 21 heavy (non-hydrogen) atoms. The molecule has 0 aliphatic carbocycles. The number of nitrogens with one attached hydrogen (secondary N) is 1. The van der Waals surface area contributed by atoms with Crippen LogP contribution in [0.4, 0.5) is 0 Å². The van der Waals surface area contributed by atoms with Gasteiger partial charge in [0.25, 0.3) is 0 Å². The summed E-state index contributed by atoms with van der Waals surface area (Å²) in [6, 6.07) is 12.5. The van der Waals surface area contributed by atoms with E-state index in [2.05, 4.69) is 40.5 Å². The molecule has 1 atom stereocenters. The molecule has 0 bridgehead atoms. The molecule has 1 aromatic carbocycles. The summed E-state index contributed by atoms with van der Waals surface area (Å²) in [5, 5.41) is 8.71. The number of para-hydroxylation sites is 1. The summed E-state index contributed by atoms with van der Waals surface area (Å²) >= 11 is 0. The average molecular weight is 281 g/mol. The predicted molar refractivity (Wildman–Crippen MR) is 82.9 cm³/mol. The Morgan fingerprint density at radius 1 is 1.19 bits per heavy atom. The molecule has 0 radical (unpaired) electrons. The fraction of sp³-hybridized carbons (Fsp3) is 0.312. The van der Waals surface area contributed by atoms with Gasteiger partial charge in [-0.05, 0) is 26.1 Å². The van der Waals surface area contributed by atoms with Crippen molar-refractivity contribution in [2.45, 2.75) is 25.9 Å². The van der Waals surface area contributed by atoms with E-state index in [-0.39, 0.29) is 6.04 Å². The van der Waals surface area contributed by atoms with Gasteiger partial charge in [-0.25, -0.2) is 4.98 Å². The number of fused-ring (bicyclic) bond motifs is 1. The van der Waals surface area contributed by atoms with Gasteiger partial charge in [0.15, 0.2) is 0 Å². The minimum absolute atomic E-state index is 0.129. The molecule has 0 amide bonds. The Balaban J connectivity index is 1.90. The molecular weight excluding hydrogens is 262 g/mol. The molecule has 5 heteroatoms. The lowest BCUT2D eigenvalue weighted by Crippen LogP contribution is -2.22. The number of aryl methyl sites for hydroxylation is 1. The molecule has 3 aromatic rings. The highest BCUT2D eigenvalue weighted by Crippen LogP contribution is 2.19. The van der Waals surface area contributed by atoms with Crippen molar-refractivity contribution in [3.63, 3.8) is 0 Å². The standard InChI is InChI=1S/C16H19N5/c1-3-21-16(18-11-19-21)10-15(17-2)14-9-8-12-6-4-5-7-13(12)20-14/h4-9,11,15,17H,3,10H2,1-2H3. The second-order valence-corrected chi connectivity index (χ2v) is 4.97. The quantitative estimate of drug-likeness (QED) is 0.780. The first-order valence-electron chi connectivity index (χ1n) is 7.21. The van der Waals surface area contributed by atoms with Crippen LogP contribution in [0.2, 0.25) is 0 Å². The maximum atomic E-state index is 4.76. The van der Waals surface area contributed by atoms with Gasteiger partial charge < -0.3 is 5.32 Å². The largest absolute Gasteiger partial charge is 0.311 e. The summed E-state index contributed by atoms with van der Waals surface area (Å²) in [5.74, 6) is 0.979. The van der Waals surface area contributed by atoms with Crippen molar-refractivity contribution in [1.82, 2.24) is 25.1 Å². The molecule has 0 saturated carbocycles. The minimum Gasteiger partial charge on any atom is -0.311 e. The minimum atomic E-state index is 0.129. The molecule has 0 aliphatic rings. The number of aromatic nitrogens is 4. The number of pyridine rings is 1. The molecular formula is C16H19N5. The van der Waals surface area contributed by atoms with Crippen molar-refractivity contribution in [3.05, 3.63) is 54.2 Å². The van der Waals surface area contributed by atoms with Crippen molar-refractivity contribution in [3.8, 4) is 0 Å². The van der Waals surface area contributed by atoms with E-state index < -0.39 is 0 Å². The molecule has 2 aromatic heterocycles. The van der Waals surface area contributed by atoms with Gasteiger partial charge >= 0.3 is 0 Å². The Morgan fingerprint density at radius 2 is 2.05 bits per heavy atom. The highest BCUT2D eigenvalue weighted by atomic mass is 15.3. The predicted octanol–water partition coefficient (Wildman–Crippen LogP) is 2.35. The molecule has 0 saturated heterocycles. The first-order chi connectivity index (χ1) is 10.3. The van der Waals surface area contributed by atoms with E-state index in [1.165, 1.54) is 0 Å². The van der Waals surface area contributed by atoms with Crippen molar-refractivity contribution in [2.75, 3.05) is 7.05 Å². The summed E-state index contributed by atoms with van der Waals surface area (Å²) in [6.45, 7) is 2.90. The van der Waals surface area contributed by atoms with E-state index in [0.717, 1.165) is 35.4 Å². The van der Waals surface area contributed by atoms with Gasteiger partial charge in [-0.2, -0.15) is 5.10 Å². The van der Waals surface area contributed by atoms with Gasteiger partial charge in [0, 0.05) is 18.4 Å². The molecule has 3 rings (SSSR count). The Kier molecular flexibility index (Phi) is 3.92. The van der Waals surface area contributed by atoms with Crippen LogP contribution in [-0.2, 0) is 13.0 Å². The van der Waals surface area contributed by atoms with Crippen LogP contribution in [0.25, 0.3) is 10.9 Å². The zero-order valence-electron chi connectivity index (χ0n) is 12.3. The van der Waals surface area contributed by atoms with Gasteiger partial charge in [-0.3, -0.25) is 9.67 Å². The van der Waals surface area contributed by atoms with Gasteiger partial charge in [-0.1, -0.05) is 24.3 Å². The van der Waals surface area contributed by atoms with Crippen molar-refractivity contribution < 1.29 is 0 Å². The lowest BCUT2D eigenvalue weighted by molar-refractivity contribution is 0.525. The molecule has 0 aliphatic heterocycles. The lowest BCUT2D eigenvalue weighted by atomic mass is 10.1. The SMILES string of the molecule is CCn1ncnc1CC(NC)c1ccc2ccccc2n1. The molecule has 1 N–H and O–H groups in total. The topological polar surface area (TPSA) is 55.6 Å². The third-order valence-corrected chi connectivity index (χ3v) is 3.71. The van der Waals surface area contributed by atoms with Crippen LogP contribution >= 0.6 is 0 Å². The second kappa shape index (κ2) is 6.01. The third kappa shape index (κ3) is 2.78. The van der Waals surface area contributed by atoms with E-state index in [0.29, 0.717) is 0 Å². The summed E-state index contributed by atoms with van der Waals surface area (Å²) in [4.78, 5) is 9.11. The fourth-order valence-corrected chi connectivity index (χ4v) is 2.52. The highest BCUT2D eigenvalue weighted by molar-refractivity contribution is 5.78. The van der Waals surface area contributed by atoms with Crippen LogP contribution in [0, 0.1) is 0 Å². The van der Waals surface area contributed by atoms with E-state index in [9.17, 15) is 0 Å². The van der Waals surface area contributed by atoms with Crippen molar-refractivity contribution in [1.29, 1.82) is 0 Å². The zero-order valence-corrected chi connectivity index (χ0v) is 12.3. The van der Waals surface area contributed by atoms with Gasteiger partial charge in [0.05, 0.1) is 17.3 Å². The zero-order chi connectivity index (χ0) is 14.7. The number of benzene rings is 1. The monoisotopic (exact) mass is 281 g/mol. The average Bonchev–Trinajstić information content (AvgIpc) is 2.99. The van der Waals surface area contributed by atoms with Crippen molar-refractivity contribution in [2.24, 2.45) is 0 Å². The summed E-state index contributed by atoms with van der Waals surface area (Å²) < 4.78 is 1.92. The molecule has 0 fully saturated rings. The Bertz CT molecular complexity index is 734.